The van der Waals surface area contributed by atoms with Gasteiger partial charge in [0, 0.05) is 25.6 Å². The molecule has 1 aliphatic heterocycles. The highest BCUT2D eigenvalue weighted by Crippen LogP contribution is 2.12. The highest BCUT2D eigenvalue weighted by molar-refractivity contribution is 5.76. The summed E-state index contributed by atoms with van der Waals surface area (Å²) in [6, 6.07) is 9.97. The van der Waals surface area contributed by atoms with Crippen molar-refractivity contribution in [1.82, 2.24) is 19.2 Å². The number of amides is 1. The van der Waals surface area contributed by atoms with Gasteiger partial charge in [-0.15, -0.1) is 0 Å². The number of carbonyl (C=O) groups excluding carboxylic acids is 1. The van der Waals surface area contributed by atoms with Crippen molar-refractivity contribution in [2.24, 2.45) is 0 Å². The van der Waals surface area contributed by atoms with Gasteiger partial charge in [0.05, 0.1) is 0 Å². The lowest BCUT2D eigenvalue weighted by atomic mass is 10.2. The summed E-state index contributed by atoms with van der Waals surface area (Å²) in [4.78, 5) is 27.2. The van der Waals surface area contributed by atoms with Crippen LogP contribution < -0.4 is 5.69 Å². The summed E-state index contributed by atoms with van der Waals surface area (Å²) < 4.78 is 3.07. The fourth-order valence-corrected chi connectivity index (χ4v) is 3.29. The number of rotatable bonds is 5. The molecule has 2 heterocycles. The van der Waals surface area contributed by atoms with E-state index in [1.165, 1.54) is 4.68 Å². The van der Waals surface area contributed by atoms with E-state index in [-0.39, 0.29) is 24.2 Å². The molecule has 0 saturated carbocycles. The molecule has 0 radical (unpaired) electrons. The van der Waals surface area contributed by atoms with Gasteiger partial charge in [-0.3, -0.25) is 9.36 Å². The van der Waals surface area contributed by atoms with E-state index in [0.717, 1.165) is 37.1 Å². The van der Waals surface area contributed by atoms with Crippen LogP contribution in [-0.4, -0.2) is 31.2 Å². The molecule has 25 heavy (non-hydrogen) atoms. The van der Waals surface area contributed by atoms with Crippen molar-refractivity contribution in [3.63, 3.8) is 0 Å². The van der Waals surface area contributed by atoms with Crippen molar-refractivity contribution in [2.75, 3.05) is 0 Å². The molecule has 1 amide bonds. The first-order valence-electron chi connectivity index (χ1n) is 9.06. The fraction of sp³-hybridized carbons (Fsp3) is 0.526. The largest absolute Gasteiger partial charge is 0.346 e. The predicted molar refractivity (Wildman–Crippen MR) is 96.2 cm³/mol. The summed E-state index contributed by atoms with van der Waals surface area (Å²) in [5.74, 6) is 0.740. The molecular weight excluding hydrogens is 316 g/mol. The molecule has 1 aliphatic rings. The van der Waals surface area contributed by atoms with Crippen molar-refractivity contribution in [1.29, 1.82) is 0 Å². The summed E-state index contributed by atoms with van der Waals surface area (Å²) in [5, 5.41) is 4.42. The van der Waals surface area contributed by atoms with Crippen LogP contribution in [0, 0.1) is 0 Å². The van der Waals surface area contributed by atoms with E-state index in [1.54, 1.807) is 9.47 Å². The summed E-state index contributed by atoms with van der Waals surface area (Å²) in [6.45, 7) is 5.24. The molecule has 3 rings (SSSR count). The number of fused-ring (bicyclic) bond motifs is 1. The number of nitrogens with zero attached hydrogens (tertiary/aromatic N) is 4. The Bertz CT molecular complexity index is 776. The second-order valence-corrected chi connectivity index (χ2v) is 6.92. The first-order valence-corrected chi connectivity index (χ1v) is 9.06. The molecule has 134 valence electrons. The summed E-state index contributed by atoms with van der Waals surface area (Å²) in [6.07, 6.45) is 3.99. The summed E-state index contributed by atoms with van der Waals surface area (Å²) in [5.41, 5.74) is 0.922. The minimum absolute atomic E-state index is 0.00382. The van der Waals surface area contributed by atoms with Crippen LogP contribution in [0.2, 0.25) is 0 Å². The van der Waals surface area contributed by atoms with Gasteiger partial charge in [-0.2, -0.15) is 5.10 Å². The van der Waals surface area contributed by atoms with Crippen LogP contribution in [0.1, 0.15) is 44.5 Å². The lowest BCUT2D eigenvalue weighted by molar-refractivity contribution is -0.134. The molecule has 0 saturated heterocycles. The van der Waals surface area contributed by atoms with Gasteiger partial charge in [0.1, 0.15) is 12.4 Å². The Kier molecular flexibility index (Phi) is 5.36. The summed E-state index contributed by atoms with van der Waals surface area (Å²) >= 11 is 0. The van der Waals surface area contributed by atoms with Gasteiger partial charge >= 0.3 is 5.69 Å². The number of benzene rings is 1. The number of aryl methyl sites for hydroxylation is 1. The van der Waals surface area contributed by atoms with Gasteiger partial charge in [0.2, 0.25) is 5.91 Å². The maximum atomic E-state index is 12.8. The van der Waals surface area contributed by atoms with E-state index in [2.05, 4.69) is 5.10 Å². The maximum absolute atomic E-state index is 12.8. The molecule has 6 nitrogen and oxygen atoms in total. The summed E-state index contributed by atoms with van der Waals surface area (Å²) in [7, 11) is 0. The van der Waals surface area contributed by atoms with E-state index in [0.29, 0.717) is 13.1 Å². The first-order chi connectivity index (χ1) is 12.1. The Hall–Kier alpha value is -2.37. The third-order valence-electron chi connectivity index (χ3n) is 4.71. The van der Waals surface area contributed by atoms with Gasteiger partial charge in [0.15, 0.2) is 0 Å². The Labute approximate surface area is 148 Å². The zero-order valence-corrected chi connectivity index (χ0v) is 15.0. The molecule has 0 atom stereocenters. The average molecular weight is 342 g/mol. The van der Waals surface area contributed by atoms with Crippen LogP contribution >= 0.6 is 0 Å². The molecule has 0 spiro atoms. The second kappa shape index (κ2) is 7.68. The molecule has 0 aliphatic carbocycles. The molecule has 0 fully saturated rings. The minimum Gasteiger partial charge on any atom is -0.334 e. The lowest BCUT2D eigenvalue weighted by Crippen LogP contribution is -2.40. The second-order valence-electron chi connectivity index (χ2n) is 6.92. The maximum Gasteiger partial charge on any atom is 0.346 e. The number of aromatic nitrogens is 3. The topological polar surface area (TPSA) is 60.1 Å². The van der Waals surface area contributed by atoms with Gasteiger partial charge in [-0.25, -0.2) is 9.48 Å². The van der Waals surface area contributed by atoms with Crippen LogP contribution in [0.25, 0.3) is 0 Å². The molecule has 2 aromatic rings. The predicted octanol–water partition coefficient (Wildman–Crippen LogP) is 2.21. The van der Waals surface area contributed by atoms with E-state index >= 15 is 0 Å². The smallest absolute Gasteiger partial charge is 0.334 e. The molecule has 0 unspecified atom stereocenters. The van der Waals surface area contributed by atoms with Crippen LogP contribution in [0.4, 0.5) is 0 Å². The lowest BCUT2D eigenvalue weighted by Gasteiger charge is -2.26. The highest BCUT2D eigenvalue weighted by atomic mass is 16.2. The Balaban J connectivity index is 1.77. The molecule has 1 aromatic heterocycles. The fourth-order valence-electron chi connectivity index (χ4n) is 3.29. The van der Waals surface area contributed by atoms with Crippen LogP contribution in [0.15, 0.2) is 35.1 Å². The molecule has 1 aromatic carbocycles. The SMILES string of the molecule is CC(C)N(Cc1ccccc1)C(=O)Cn1nc2n(c1=O)CCCCC2. The van der Waals surface area contributed by atoms with Crippen molar-refractivity contribution in [3.8, 4) is 0 Å². The number of hydrogen-bond donors (Lipinski definition) is 0. The normalized spacial score (nSPS) is 14.2. The zero-order valence-electron chi connectivity index (χ0n) is 15.0. The van der Waals surface area contributed by atoms with Crippen LogP contribution in [-0.2, 0) is 30.8 Å². The van der Waals surface area contributed by atoms with Gasteiger partial charge in [0.25, 0.3) is 0 Å². The van der Waals surface area contributed by atoms with Gasteiger partial charge in [-0.1, -0.05) is 36.8 Å². The van der Waals surface area contributed by atoms with Crippen molar-refractivity contribution in [3.05, 3.63) is 52.2 Å². The van der Waals surface area contributed by atoms with Crippen LogP contribution in [0.3, 0.4) is 0 Å². The number of hydrogen-bond acceptors (Lipinski definition) is 3. The molecular formula is C19H26N4O2. The monoisotopic (exact) mass is 342 g/mol. The third kappa shape index (κ3) is 4.00. The zero-order chi connectivity index (χ0) is 17.8. The highest BCUT2D eigenvalue weighted by Gasteiger charge is 2.22. The van der Waals surface area contributed by atoms with E-state index in [4.69, 9.17) is 0 Å². The standard InChI is InChI=1S/C19H26N4O2/c1-15(2)22(13-16-9-5-3-6-10-16)18(24)14-23-19(25)21-12-8-4-7-11-17(21)20-23/h3,5-6,9-10,15H,4,7-8,11-14H2,1-2H3. The minimum atomic E-state index is -0.159. The van der Waals surface area contributed by atoms with E-state index in [1.807, 2.05) is 44.2 Å². The van der Waals surface area contributed by atoms with Crippen molar-refractivity contribution < 1.29 is 4.79 Å². The molecule has 6 heteroatoms. The Morgan fingerprint density at radius 2 is 1.96 bits per heavy atom. The van der Waals surface area contributed by atoms with Crippen LogP contribution in [0.5, 0.6) is 0 Å². The van der Waals surface area contributed by atoms with E-state index < -0.39 is 0 Å². The average Bonchev–Trinajstić information content (AvgIpc) is 2.77. The van der Waals surface area contributed by atoms with Gasteiger partial charge < -0.3 is 4.90 Å². The Morgan fingerprint density at radius 1 is 1.20 bits per heavy atom. The van der Waals surface area contributed by atoms with Crippen molar-refractivity contribution in [2.45, 2.75) is 65.2 Å². The molecule has 0 N–H and O–H groups in total. The van der Waals surface area contributed by atoms with Crippen molar-refractivity contribution >= 4 is 5.91 Å². The van der Waals surface area contributed by atoms with E-state index in [9.17, 15) is 9.59 Å². The third-order valence-corrected chi connectivity index (χ3v) is 4.71. The number of carbonyl (C=O) groups is 1. The molecule has 0 bridgehead atoms. The first kappa shape index (κ1) is 17.5. The quantitative estimate of drug-likeness (QED) is 0.837. The van der Waals surface area contributed by atoms with Gasteiger partial charge in [-0.05, 0) is 32.3 Å². The Morgan fingerprint density at radius 3 is 2.68 bits per heavy atom.